The van der Waals surface area contributed by atoms with E-state index in [9.17, 15) is 18.0 Å². The van der Waals surface area contributed by atoms with Crippen LogP contribution in [0.15, 0.2) is 42.5 Å². The van der Waals surface area contributed by atoms with Crippen LogP contribution < -0.4 is 9.62 Å². The van der Waals surface area contributed by atoms with Crippen LogP contribution in [0.4, 0.5) is 5.69 Å². The average Bonchev–Trinajstić information content (AvgIpc) is 2.83. The SMILES string of the molecule is CCc1ccccc1N(CC(=O)N(Cc1c(Cl)cccc1Cl)[C@H](CC)C(=O)N[C@H](C)CC)S(C)(=O)=O. The fourth-order valence-corrected chi connectivity index (χ4v) is 5.26. The highest BCUT2D eigenvalue weighted by Gasteiger charge is 2.33. The summed E-state index contributed by atoms with van der Waals surface area (Å²) in [7, 11) is -3.81. The summed E-state index contributed by atoms with van der Waals surface area (Å²) in [5.74, 6) is -0.850. The van der Waals surface area contributed by atoms with E-state index in [-0.39, 0.29) is 18.5 Å². The van der Waals surface area contributed by atoms with Gasteiger partial charge in [-0.1, -0.05) is 68.2 Å². The molecule has 0 spiro atoms. The van der Waals surface area contributed by atoms with Gasteiger partial charge in [0.25, 0.3) is 0 Å². The highest BCUT2D eigenvalue weighted by atomic mass is 35.5. The van der Waals surface area contributed by atoms with Gasteiger partial charge in [-0.3, -0.25) is 13.9 Å². The standard InChI is InChI=1S/C26H35Cl2N3O4S/c1-6-18(4)29-26(33)23(8-3)30(16-20-21(27)13-11-14-22(20)28)25(32)17-31(36(5,34)35)24-15-10-9-12-19(24)7-2/h9-15,18,23H,6-8,16-17H2,1-5H3,(H,29,33)/t18-,23-/m1/s1. The molecule has 0 fully saturated rings. The number of amides is 2. The van der Waals surface area contributed by atoms with Gasteiger partial charge in [0.1, 0.15) is 12.6 Å². The summed E-state index contributed by atoms with van der Waals surface area (Å²) in [4.78, 5) is 28.4. The van der Waals surface area contributed by atoms with E-state index in [1.165, 1.54) is 4.90 Å². The summed E-state index contributed by atoms with van der Waals surface area (Å²) in [5.41, 5.74) is 1.71. The van der Waals surface area contributed by atoms with Crippen molar-refractivity contribution >= 4 is 50.7 Å². The molecule has 0 aromatic heterocycles. The predicted octanol–water partition coefficient (Wildman–Crippen LogP) is 5.04. The fraction of sp³-hybridized carbons (Fsp3) is 0.462. The summed E-state index contributed by atoms with van der Waals surface area (Å²) >= 11 is 12.8. The van der Waals surface area contributed by atoms with Gasteiger partial charge in [0.2, 0.25) is 21.8 Å². The van der Waals surface area contributed by atoms with Crippen molar-refractivity contribution in [3.63, 3.8) is 0 Å². The van der Waals surface area contributed by atoms with Crippen LogP contribution in [-0.2, 0) is 32.6 Å². The number of para-hydroxylation sites is 1. The molecule has 0 aliphatic heterocycles. The lowest BCUT2D eigenvalue weighted by molar-refractivity contribution is -0.140. The Morgan fingerprint density at radius 2 is 1.58 bits per heavy atom. The molecule has 36 heavy (non-hydrogen) atoms. The van der Waals surface area contributed by atoms with Gasteiger partial charge >= 0.3 is 0 Å². The summed E-state index contributed by atoms with van der Waals surface area (Å²) in [6.45, 7) is 7.04. The van der Waals surface area contributed by atoms with Crippen LogP contribution >= 0.6 is 23.2 Å². The minimum absolute atomic E-state index is 0.0448. The fourth-order valence-electron chi connectivity index (χ4n) is 3.86. The molecule has 0 unspecified atom stereocenters. The molecule has 2 rings (SSSR count). The van der Waals surface area contributed by atoms with Crippen LogP contribution in [-0.4, -0.2) is 50.0 Å². The summed E-state index contributed by atoms with van der Waals surface area (Å²) in [6, 6.07) is 11.1. The van der Waals surface area contributed by atoms with E-state index in [1.54, 1.807) is 37.3 Å². The third-order valence-electron chi connectivity index (χ3n) is 6.10. The molecule has 0 radical (unpaired) electrons. The van der Waals surface area contributed by atoms with Gasteiger partial charge < -0.3 is 10.2 Å². The number of aryl methyl sites for hydroxylation is 1. The number of hydrogen-bond acceptors (Lipinski definition) is 4. The number of carbonyl (C=O) groups excluding carboxylic acids is 2. The molecule has 10 heteroatoms. The number of nitrogens with zero attached hydrogens (tertiary/aromatic N) is 2. The number of sulfonamides is 1. The summed E-state index contributed by atoms with van der Waals surface area (Å²) < 4.78 is 26.7. The summed E-state index contributed by atoms with van der Waals surface area (Å²) in [5, 5.41) is 3.64. The normalized spacial score (nSPS) is 13.1. The molecule has 2 aromatic carbocycles. The van der Waals surface area contributed by atoms with Crippen molar-refractivity contribution in [2.75, 3.05) is 17.1 Å². The zero-order valence-corrected chi connectivity index (χ0v) is 23.8. The van der Waals surface area contributed by atoms with Crippen molar-refractivity contribution in [1.29, 1.82) is 0 Å². The number of carbonyl (C=O) groups is 2. The quantitative estimate of drug-likeness (QED) is 0.397. The molecule has 0 saturated heterocycles. The lowest BCUT2D eigenvalue weighted by atomic mass is 10.1. The Morgan fingerprint density at radius 1 is 0.972 bits per heavy atom. The number of benzene rings is 2. The monoisotopic (exact) mass is 555 g/mol. The molecule has 2 atom stereocenters. The molecular formula is C26H35Cl2N3O4S. The first-order valence-corrected chi connectivity index (χ1v) is 14.6. The topological polar surface area (TPSA) is 86.8 Å². The summed E-state index contributed by atoms with van der Waals surface area (Å²) in [6.07, 6.45) is 2.70. The Kier molecular flexibility index (Phi) is 11.1. The van der Waals surface area contributed by atoms with Crippen molar-refractivity contribution in [3.05, 3.63) is 63.6 Å². The van der Waals surface area contributed by atoms with Crippen LogP contribution in [0.1, 0.15) is 51.7 Å². The van der Waals surface area contributed by atoms with Crippen LogP contribution in [0.3, 0.4) is 0 Å². The Labute approximate surface area is 224 Å². The zero-order valence-electron chi connectivity index (χ0n) is 21.4. The first kappa shape index (κ1) is 29.9. The van der Waals surface area contributed by atoms with E-state index in [0.717, 1.165) is 22.5 Å². The molecule has 0 aliphatic rings. The minimum Gasteiger partial charge on any atom is -0.352 e. The molecule has 0 heterocycles. The van der Waals surface area contributed by atoms with Crippen molar-refractivity contribution < 1.29 is 18.0 Å². The molecule has 198 valence electrons. The van der Waals surface area contributed by atoms with Gasteiger partial charge in [0, 0.05) is 28.2 Å². The largest absolute Gasteiger partial charge is 0.352 e. The molecule has 0 bridgehead atoms. The van der Waals surface area contributed by atoms with Crippen LogP contribution in [0.5, 0.6) is 0 Å². The number of halogens is 2. The first-order valence-electron chi connectivity index (χ1n) is 12.0. The lowest BCUT2D eigenvalue weighted by Gasteiger charge is -2.34. The predicted molar refractivity (Wildman–Crippen MR) is 147 cm³/mol. The maximum absolute atomic E-state index is 13.8. The highest BCUT2D eigenvalue weighted by molar-refractivity contribution is 7.92. The van der Waals surface area contributed by atoms with Gasteiger partial charge in [-0.05, 0) is 49.9 Å². The van der Waals surface area contributed by atoms with Crippen LogP contribution in [0.2, 0.25) is 10.0 Å². The zero-order chi connectivity index (χ0) is 27.0. The molecule has 7 nitrogen and oxygen atoms in total. The van der Waals surface area contributed by atoms with Gasteiger partial charge in [0.05, 0.1) is 11.9 Å². The van der Waals surface area contributed by atoms with Crippen molar-refractivity contribution in [3.8, 4) is 0 Å². The molecule has 0 saturated carbocycles. The van der Waals surface area contributed by atoms with Gasteiger partial charge in [-0.25, -0.2) is 8.42 Å². The second-order valence-electron chi connectivity index (χ2n) is 8.72. The molecule has 2 amide bonds. The van der Waals surface area contributed by atoms with Gasteiger partial charge in [0.15, 0.2) is 0 Å². The van der Waals surface area contributed by atoms with E-state index >= 15 is 0 Å². The van der Waals surface area contributed by atoms with Crippen molar-refractivity contribution in [2.45, 2.75) is 65.6 Å². The van der Waals surface area contributed by atoms with E-state index in [2.05, 4.69) is 5.32 Å². The number of nitrogens with one attached hydrogen (secondary N) is 1. The Hall–Kier alpha value is -2.29. The van der Waals surface area contributed by atoms with E-state index < -0.39 is 28.5 Å². The third kappa shape index (κ3) is 7.60. The van der Waals surface area contributed by atoms with Gasteiger partial charge in [-0.2, -0.15) is 0 Å². The van der Waals surface area contributed by atoms with Crippen LogP contribution in [0.25, 0.3) is 0 Å². The molecule has 0 aliphatic carbocycles. The van der Waals surface area contributed by atoms with Gasteiger partial charge in [-0.15, -0.1) is 0 Å². The average molecular weight is 557 g/mol. The minimum atomic E-state index is -3.81. The maximum atomic E-state index is 13.8. The third-order valence-corrected chi connectivity index (χ3v) is 7.93. The van der Waals surface area contributed by atoms with Crippen LogP contribution in [0, 0.1) is 0 Å². The number of hydrogen-bond donors (Lipinski definition) is 1. The molecule has 1 N–H and O–H groups in total. The van der Waals surface area contributed by atoms with Crippen molar-refractivity contribution in [1.82, 2.24) is 10.2 Å². The maximum Gasteiger partial charge on any atom is 0.244 e. The van der Waals surface area contributed by atoms with E-state index in [1.807, 2.05) is 32.9 Å². The second-order valence-corrected chi connectivity index (χ2v) is 11.4. The Balaban J connectivity index is 2.54. The highest BCUT2D eigenvalue weighted by Crippen LogP contribution is 2.28. The van der Waals surface area contributed by atoms with E-state index in [4.69, 9.17) is 23.2 Å². The number of anilines is 1. The lowest BCUT2D eigenvalue weighted by Crippen LogP contribution is -2.53. The Morgan fingerprint density at radius 3 is 2.11 bits per heavy atom. The first-order chi connectivity index (χ1) is 16.9. The van der Waals surface area contributed by atoms with Crippen molar-refractivity contribution in [2.24, 2.45) is 0 Å². The molecule has 2 aromatic rings. The van der Waals surface area contributed by atoms with E-state index in [0.29, 0.717) is 34.1 Å². The second kappa shape index (κ2) is 13.3. The smallest absolute Gasteiger partial charge is 0.244 e. The number of rotatable bonds is 12. The molecular weight excluding hydrogens is 521 g/mol. The Bertz CT molecular complexity index is 1150.